The predicted molar refractivity (Wildman–Crippen MR) is 58.1 cm³/mol. The number of carbonyl (C=O) groups is 2. The fourth-order valence-electron chi connectivity index (χ4n) is 1.94. The van der Waals surface area contributed by atoms with Crippen molar-refractivity contribution in [1.29, 1.82) is 0 Å². The number of hydrogen-bond donors (Lipinski definition) is 2. The zero-order valence-corrected chi connectivity index (χ0v) is 9.53. The van der Waals surface area contributed by atoms with Gasteiger partial charge in [-0.3, -0.25) is 4.79 Å². The average molecular weight is 226 g/mol. The quantitative estimate of drug-likeness (QED) is 0.751. The molecule has 2 N–H and O–H groups in total. The molecule has 0 aromatic rings. The molecule has 90 valence electrons. The van der Waals surface area contributed by atoms with E-state index in [2.05, 4.69) is 12.2 Å². The van der Waals surface area contributed by atoms with E-state index in [9.17, 15) is 9.59 Å². The summed E-state index contributed by atoms with van der Waals surface area (Å²) < 4.78 is 0. The molecule has 0 spiro atoms. The Hall–Kier alpha value is -1.26. The number of hydrogen-bond acceptors (Lipinski definition) is 2. The van der Waals surface area contributed by atoms with Crippen LogP contribution in [0.3, 0.4) is 0 Å². The fraction of sp³-hybridized carbons (Fsp3) is 0.818. The van der Waals surface area contributed by atoms with Crippen molar-refractivity contribution in [3.63, 3.8) is 0 Å². The maximum Gasteiger partial charge on any atom is 0.317 e. The van der Waals surface area contributed by atoms with Crippen LogP contribution in [0.4, 0.5) is 4.79 Å². The highest BCUT2D eigenvalue weighted by molar-refractivity contribution is 5.77. The first-order valence-corrected chi connectivity index (χ1v) is 5.76. The van der Waals surface area contributed by atoms with Crippen molar-refractivity contribution in [2.45, 2.75) is 26.2 Å². The average Bonchev–Trinajstić information content (AvgIpc) is 2.81. The van der Waals surface area contributed by atoms with E-state index >= 15 is 0 Å². The van der Waals surface area contributed by atoms with Gasteiger partial charge in [0.15, 0.2) is 0 Å². The Balaban J connectivity index is 1.76. The molecule has 5 nitrogen and oxygen atoms in total. The molecule has 1 aliphatic carbocycles. The van der Waals surface area contributed by atoms with Crippen molar-refractivity contribution in [2.24, 2.45) is 11.3 Å². The van der Waals surface area contributed by atoms with Crippen LogP contribution in [0.15, 0.2) is 0 Å². The molecule has 2 fully saturated rings. The summed E-state index contributed by atoms with van der Waals surface area (Å²) in [6.07, 6.45) is 2.91. The van der Waals surface area contributed by atoms with Crippen molar-refractivity contribution in [1.82, 2.24) is 10.2 Å². The van der Waals surface area contributed by atoms with Gasteiger partial charge in [-0.05, 0) is 24.7 Å². The van der Waals surface area contributed by atoms with Crippen LogP contribution in [0.5, 0.6) is 0 Å². The topological polar surface area (TPSA) is 69.6 Å². The van der Waals surface area contributed by atoms with Crippen LogP contribution < -0.4 is 5.32 Å². The maximum absolute atomic E-state index is 11.7. The number of carboxylic acids is 1. The molecule has 0 aromatic heterocycles. The van der Waals surface area contributed by atoms with Crippen LogP contribution in [0.1, 0.15) is 26.2 Å². The number of carboxylic acid groups (broad SMARTS) is 1. The molecular formula is C11H18N2O3. The largest absolute Gasteiger partial charge is 0.481 e. The molecule has 0 radical (unpaired) electrons. The van der Waals surface area contributed by atoms with Gasteiger partial charge in [0.05, 0.1) is 5.92 Å². The van der Waals surface area contributed by atoms with Crippen LogP contribution in [-0.4, -0.2) is 41.6 Å². The first-order chi connectivity index (χ1) is 7.50. The van der Waals surface area contributed by atoms with E-state index in [4.69, 9.17) is 5.11 Å². The van der Waals surface area contributed by atoms with Crippen LogP contribution >= 0.6 is 0 Å². The Morgan fingerprint density at radius 2 is 2.19 bits per heavy atom. The molecule has 1 unspecified atom stereocenters. The lowest BCUT2D eigenvalue weighted by molar-refractivity contribution is -0.141. The zero-order valence-electron chi connectivity index (χ0n) is 9.53. The van der Waals surface area contributed by atoms with Gasteiger partial charge in [-0.1, -0.05) is 6.92 Å². The number of carbonyl (C=O) groups excluding carboxylic acids is 1. The summed E-state index contributed by atoms with van der Waals surface area (Å²) in [6.45, 7) is 3.76. The normalized spacial score (nSPS) is 26.6. The van der Waals surface area contributed by atoms with Crippen LogP contribution in [-0.2, 0) is 4.79 Å². The van der Waals surface area contributed by atoms with Gasteiger partial charge in [0, 0.05) is 19.6 Å². The molecule has 2 amide bonds. The number of amides is 2. The van der Waals surface area contributed by atoms with Crippen LogP contribution in [0, 0.1) is 11.3 Å². The van der Waals surface area contributed by atoms with Crippen molar-refractivity contribution < 1.29 is 14.7 Å². The highest BCUT2D eigenvalue weighted by Crippen LogP contribution is 2.44. The summed E-state index contributed by atoms with van der Waals surface area (Å²) in [7, 11) is 0. The molecule has 5 heteroatoms. The maximum atomic E-state index is 11.7. The smallest absolute Gasteiger partial charge is 0.317 e. The van der Waals surface area contributed by atoms with E-state index in [1.807, 2.05) is 0 Å². The van der Waals surface area contributed by atoms with Crippen molar-refractivity contribution in [3.05, 3.63) is 0 Å². The standard InChI is InChI=1S/C11H18N2O3/c1-11(3-4-11)7-12-10(16)13-5-2-8(6-13)9(14)15/h8H,2-7H2,1H3,(H,12,16)(H,14,15). The summed E-state index contributed by atoms with van der Waals surface area (Å²) in [5.74, 6) is -1.19. The van der Waals surface area contributed by atoms with Crippen LogP contribution in [0.2, 0.25) is 0 Å². The first-order valence-electron chi connectivity index (χ1n) is 5.76. The Labute approximate surface area is 94.8 Å². The van der Waals surface area contributed by atoms with Crippen molar-refractivity contribution >= 4 is 12.0 Å². The van der Waals surface area contributed by atoms with E-state index in [1.54, 1.807) is 4.90 Å². The Morgan fingerprint density at radius 3 is 2.69 bits per heavy atom. The van der Waals surface area contributed by atoms with E-state index in [1.165, 1.54) is 12.8 Å². The first kappa shape index (κ1) is 11.2. The minimum atomic E-state index is -0.801. The molecule has 1 saturated carbocycles. The number of rotatable bonds is 3. The van der Waals surface area contributed by atoms with Crippen LogP contribution in [0.25, 0.3) is 0 Å². The van der Waals surface area contributed by atoms with Gasteiger partial charge in [0.1, 0.15) is 0 Å². The van der Waals surface area contributed by atoms with Crippen molar-refractivity contribution in [2.75, 3.05) is 19.6 Å². The second-order valence-corrected chi connectivity index (χ2v) is 5.24. The Bertz CT molecular complexity index is 312. The second-order valence-electron chi connectivity index (χ2n) is 5.24. The molecule has 1 aliphatic heterocycles. The number of nitrogens with zero attached hydrogens (tertiary/aromatic N) is 1. The molecule has 2 rings (SSSR count). The summed E-state index contributed by atoms with van der Waals surface area (Å²) in [5, 5.41) is 11.7. The lowest BCUT2D eigenvalue weighted by Crippen LogP contribution is -2.41. The summed E-state index contributed by atoms with van der Waals surface area (Å²) >= 11 is 0. The number of aliphatic carboxylic acids is 1. The molecule has 1 saturated heterocycles. The summed E-state index contributed by atoms with van der Waals surface area (Å²) in [4.78, 5) is 24.1. The third-order valence-electron chi connectivity index (χ3n) is 3.59. The van der Waals surface area contributed by atoms with Gasteiger partial charge < -0.3 is 15.3 Å². The molecule has 0 aromatic carbocycles. The van der Waals surface area contributed by atoms with Crippen molar-refractivity contribution in [3.8, 4) is 0 Å². The summed E-state index contributed by atoms with van der Waals surface area (Å²) in [5.41, 5.74) is 0.293. The fourth-order valence-corrected chi connectivity index (χ4v) is 1.94. The number of urea groups is 1. The number of nitrogens with one attached hydrogen (secondary N) is 1. The van der Waals surface area contributed by atoms with E-state index in [0.717, 1.165) is 0 Å². The Kier molecular flexibility index (Phi) is 2.78. The number of likely N-dealkylation sites (tertiary alicyclic amines) is 1. The third kappa shape index (κ3) is 2.46. The lowest BCUT2D eigenvalue weighted by atomic mass is 10.1. The van der Waals surface area contributed by atoms with E-state index in [-0.39, 0.29) is 11.9 Å². The zero-order chi connectivity index (χ0) is 11.8. The van der Waals surface area contributed by atoms with Gasteiger partial charge >= 0.3 is 12.0 Å². The molecule has 2 aliphatic rings. The van der Waals surface area contributed by atoms with Gasteiger partial charge in [-0.15, -0.1) is 0 Å². The third-order valence-corrected chi connectivity index (χ3v) is 3.59. The van der Waals surface area contributed by atoms with Gasteiger partial charge in [-0.25, -0.2) is 4.79 Å². The monoisotopic (exact) mass is 226 g/mol. The minimum Gasteiger partial charge on any atom is -0.481 e. The lowest BCUT2D eigenvalue weighted by Gasteiger charge is -2.18. The second kappa shape index (κ2) is 3.96. The molecule has 1 atom stereocenters. The predicted octanol–water partition coefficient (Wildman–Crippen LogP) is 0.903. The SMILES string of the molecule is CC1(CNC(=O)N2CCC(C(=O)O)C2)CC1. The Morgan fingerprint density at radius 1 is 1.50 bits per heavy atom. The highest BCUT2D eigenvalue weighted by Gasteiger charge is 2.38. The van der Waals surface area contributed by atoms with Gasteiger partial charge in [0.2, 0.25) is 0 Å². The van der Waals surface area contributed by atoms with E-state index in [0.29, 0.717) is 31.5 Å². The molecule has 1 heterocycles. The van der Waals surface area contributed by atoms with Gasteiger partial charge in [-0.2, -0.15) is 0 Å². The van der Waals surface area contributed by atoms with E-state index < -0.39 is 5.97 Å². The highest BCUT2D eigenvalue weighted by atomic mass is 16.4. The molecule has 16 heavy (non-hydrogen) atoms. The summed E-state index contributed by atoms with van der Waals surface area (Å²) in [6, 6.07) is -0.114. The minimum absolute atomic E-state index is 0.114. The van der Waals surface area contributed by atoms with Gasteiger partial charge in [0.25, 0.3) is 0 Å². The molecular weight excluding hydrogens is 208 g/mol. The molecule has 0 bridgehead atoms.